The molecular formula is C14H14N2O4S. The zero-order valence-corrected chi connectivity index (χ0v) is 12.0. The lowest BCUT2D eigenvalue weighted by atomic mass is 10.1. The van der Waals surface area contributed by atoms with E-state index in [-0.39, 0.29) is 18.9 Å². The van der Waals surface area contributed by atoms with Gasteiger partial charge >= 0.3 is 5.97 Å². The largest absolute Gasteiger partial charge is 0.481 e. The van der Waals surface area contributed by atoms with E-state index < -0.39 is 12.0 Å². The van der Waals surface area contributed by atoms with Crippen LogP contribution >= 0.6 is 11.3 Å². The predicted octanol–water partition coefficient (Wildman–Crippen LogP) is 1.61. The average molecular weight is 306 g/mol. The molecule has 21 heavy (non-hydrogen) atoms. The maximum absolute atomic E-state index is 12.6. The van der Waals surface area contributed by atoms with E-state index in [0.29, 0.717) is 18.7 Å². The number of carbonyl (C=O) groups excluding carboxylic acids is 1. The van der Waals surface area contributed by atoms with Crippen molar-refractivity contribution in [2.45, 2.75) is 12.5 Å². The van der Waals surface area contributed by atoms with E-state index in [9.17, 15) is 9.59 Å². The molecule has 1 fully saturated rings. The maximum Gasteiger partial charge on any atom is 0.305 e. The molecule has 110 valence electrons. The first-order valence-corrected chi connectivity index (χ1v) is 7.47. The van der Waals surface area contributed by atoms with E-state index in [4.69, 9.17) is 9.84 Å². The number of morpholine rings is 1. The van der Waals surface area contributed by atoms with Crippen molar-refractivity contribution in [3.8, 4) is 0 Å². The van der Waals surface area contributed by atoms with Gasteiger partial charge in [0.25, 0.3) is 5.91 Å². The van der Waals surface area contributed by atoms with Gasteiger partial charge in [-0.2, -0.15) is 0 Å². The van der Waals surface area contributed by atoms with Gasteiger partial charge in [0, 0.05) is 12.1 Å². The fourth-order valence-corrected chi connectivity index (χ4v) is 3.16. The molecule has 2 aromatic rings. The zero-order valence-electron chi connectivity index (χ0n) is 11.2. The van der Waals surface area contributed by atoms with Crippen LogP contribution in [-0.2, 0) is 9.53 Å². The van der Waals surface area contributed by atoms with Gasteiger partial charge < -0.3 is 14.7 Å². The van der Waals surface area contributed by atoms with E-state index in [1.165, 1.54) is 11.3 Å². The lowest BCUT2D eigenvalue weighted by Gasteiger charge is -2.34. The topological polar surface area (TPSA) is 79.7 Å². The summed E-state index contributed by atoms with van der Waals surface area (Å²) >= 11 is 1.48. The number of carbonyl (C=O) groups is 2. The first-order chi connectivity index (χ1) is 10.1. The number of ether oxygens (including phenoxy) is 1. The van der Waals surface area contributed by atoms with E-state index in [1.54, 1.807) is 16.5 Å². The summed E-state index contributed by atoms with van der Waals surface area (Å²) in [4.78, 5) is 29.3. The second-order valence-corrected chi connectivity index (χ2v) is 5.75. The molecule has 1 atom stereocenters. The van der Waals surface area contributed by atoms with E-state index in [1.807, 2.05) is 12.1 Å². The van der Waals surface area contributed by atoms with Gasteiger partial charge in [-0.3, -0.25) is 9.59 Å². The third kappa shape index (κ3) is 2.88. The Balaban J connectivity index is 1.85. The molecule has 0 bridgehead atoms. The van der Waals surface area contributed by atoms with Crippen LogP contribution < -0.4 is 0 Å². The van der Waals surface area contributed by atoms with Gasteiger partial charge in [0.15, 0.2) is 0 Å². The fraction of sp³-hybridized carbons (Fsp3) is 0.357. The summed E-state index contributed by atoms with van der Waals surface area (Å²) in [7, 11) is 0. The van der Waals surface area contributed by atoms with Crippen molar-refractivity contribution in [1.29, 1.82) is 0 Å². The molecule has 0 radical (unpaired) electrons. The minimum absolute atomic E-state index is 0.103. The normalized spacial score (nSPS) is 18.9. The monoisotopic (exact) mass is 306 g/mol. The molecule has 1 unspecified atom stereocenters. The number of hydrogen-bond acceptors (Lipinski definition) is 5. The lowest BCUT2D eigenvalue weighted by Crippen LogP contribution is -2.49. The molecule has 1 saturated heterocycles. The Kier molecular flexibility index (Phi) is 3.85. The number of benzene rings is 1. The molecular weight excluding hydrogens is 292 g/mol. The quantitative estimate of drug-likeness (QED) is 0.932. The number of carboxylic acids is 1. The molecule has 1 aromatic carbocycles. The Morgan fingerprint density at radius 1 is 1.48 bits per heavy atom. The molecule has 6 nitrogen and oxygen atoms in total. The number of thiazole rings is 1. The van der Waals surface area contributed by atoms with Crippen LogP contribution in [0.1, 0.15) is 16.8 Å². The first-order valence-electron chi connectivity index (χ1n) is 6.59. The number of amides is 1. The Hall–Kier alpha value is -1.99. The van der Waals surface area contributed by atoms with Crippen LogP contribution in [0.5, 0.6) is 0 Å². The molecule has 0 aliphatic carbocycles. The number of carboxylic acid groups (broad SMARTS) is 1. The van der Waals surface area contributed by atoms with Crippen LogP contribution in [0, 0.1) is 0 Å². The number of fused-ring (bicyclic) bond motifs is 1. The molecule has 7 heteroatoms. The number of nitrogens with zero attached hydrogens (tertiary/aromatic N) is 2. The molecule has 3 rings (SSSR count). The Morgan fingerprint density at radius 2 is 2.33 bits per heavy atom. The van der Waals surface area contributed by atoms with Gasteiger partial charge in [-0.05, 0) is 18.2 Å². The van der Waals surface area contributed by atoms with Crippen LogP contribution in [0.15, 0.2) is 23.7 Å². The number of hydrogen-bond donors (Lipinski definition) is 1. The Morgan fingerprint density at radius 3 is 3.14 bits per heavy atom. The molecule has 0 spiro atoms. The third-order valence-corrected chi connectivity index (χ3v) is 4.27. The minimum Gasteiger partial charge on any atom is -0.481 e. The van der Waals surface area contributed by atoms with Crippen LogP contribution in [0.3, 0.4) is 0 Å². The zero-order chi connectivity index (χ0) is 14.8. The smallest absolute Gasteiger partial charge is 0.305 e. The molecule has 1 N–H and O–H groups in total. The van der Waals surface area contributed by atoms with E-state index in [2.05, 4.69) is 4.98 Å². The molecule has 1 aliphatic rings. The fourth-order valence-electron chi connectivity index (χ4n) is 2.45. The highest BCUT2D eigenvalue weighted by Gasteiger charge is 2.29. The lowest BCUT2D eigenvalue weighted by molar-refractivity contribution is -0.139. The van der Waals surface area contributed by atoms with Gasteiger partial charge in [0.2, 0.25) is 0 Å². The Bertz CT molecular complexity index is 684. The van der Waals surface area contributed by atoms with Crippen molar-refractivity contribution in [3.63, 3.8) is 0 Å². The van der Waals surface area contributed by atoms with Crippen molar-refractivity contribution in [2.75, 3.05) is 19.8 Å². The van der Waals surface area contributed by atoms with Crippen molar-refractivity contribution >= 4 is 33.4 Å². The predicted molar refractivity (Wildman–Crippen MR) is 77.5 cm³/mol. The standard InChI is InChI=1S/C14H14N2O4S/c17-13(18)6-10-7-20-4-3-16(10)14(19)9-1-2-11-12(5-9)21-8-15-11/h1-2,5,8,10H,3-4,6-7H2,(H,17,18). The summed E-state index contributed by atoms with van der Waals surface area (Å²) in [6.07, 6.45) is -0.103. The van der Waals surface area contributed by atoms with Crippen molar-refractivity contribution in [2.24, 2.45) is 0 Å². The number of aliphatic carboxylic acids is 1. The third-order valence-electron chi connectivity index (χ3n) is 3.48. The molecule has 1 aliphatic heterocycles. The van der Waals surface area contributed by atoms with E-state index >= 15 is 0 Å². The van der Waals surface area contributed by atoms with Gasteiger partial charge in [0.05, 0.1) is 41.4 Å². The highest BCUT2D eigenvalue weighted by atomic mass is 32.1. The van der Waals surface area contributed by atoms with Gasteiger partial charge in [-0.15, -0.1) is 11.3 Å². The van der Waals surface area contributed by atoms with Gasteiger partial charge in [0.1, 0.15) is 0 Å². The van der Waals surface area contributed by atoms with E-state index in [0.717, 1.165) is 10.2 Å². The summed E-state index contributed by atoms with van der Waals surface area (Å²) < 4.78 is 6.24. The summed E-state index contributed by atoms with van der Waals surface area (Å²) in [6, 6.07) is 4.94. The van der Waals surface area contributed by atoms with Crippen LogP contribution in [-0.4, -0.2) is 52.7 Å². The second-order valence-electron chi connectivity index (χ2n) is 4.86. The SMILES string of the molecule is O=C(O)CC1COCCN1C(=O)c1ccc2ncsc2c1. The van der Waals surface area contributed by atoms with Crippen molar-refractivity contribution < 1.29 is 19.4 Å². The molecule has 1 amide bonds. The molecule has 1 aromatic heterocycles. The number of rotatable bonds is 3. The van der Waals surface area contributed by atoms with Gasteiger partial charge in [-0.1, -0.05) is 0 Å². The van der Waals surface area contributed by atoms with Crippen molar-refractivity contribution in [1.82, 2.24) is 9.88 Å². The highest BCUT2D eigenvalue weighted by Crippen LogP contribution is 2.21. The summed E-state index contributed by atoms with van der Waals surface area (Å²) in [5.41, 5.74) is 3.16. The number of aromatic nitrogens is 1. The first kappa shape index (κ1) is 14.0. The Labute approximate surface area is 125 Å². The summed E-state index contributed by atoms with van der Waals surface area (Å²) in [5, 5.41) is 8.95. The average Bonchev–Trinajstić information content (AvgIpc) is 2.94. The maximum atomic E-state index is 12.6. The van der Waals surface area contributed by atoms with Crippen LogP contribution in [0.2, 0.25) is 0 Å². The van der Waals surface area contributed by atoms with Crippen molar-refractivity contribution in [3.05, 3.63) is 29.3 Å². The summed E-state index contributed by atoms with van der Waals surface area (Å²) in [5.74, 6) is -1.08. The summed E-state index contributed by atoms with van der Waals surface area (Å²) in [6.45, 7) is 1.11. The second kappa shape index (κ2) is 5.79. The minimum atomic E-state index is -0.929. The molecule has 2 heterocycles. The molecule has 0 saturated carbocycles. The highest BCUT2D eigenvalue weighted by molar-refractivity contribution is 7.16. The van der Waals surface area contributed by atoms with Crippen LogP contribution in [0.4, 0.5) is 0 Å². The van der Waals surface area contributed by atoms with Crippen LogP contribution in [0.25, 0.3) is 10.2 Å². The van der Waals surface area contributed by atoms with Gasteiger partial charge in [-0.25, -0.2) is 4.98 Å².